The molecule has 2 N–H and O–H groups in total. The summed E-state index contributed by atoms with van der Waals surface area (Å²) in [6.45, 7) is 2.71. The van der Waals surface area contributed by atoms with Gasteiger partial charge in [-0.1, -0.05) is 6.07 Å². The van der Waals surface area contributed by atoms with Crippen molar-refractivity contribution in [3.05, 3.63) is 60.2 Å². The Hall–Kier alpha value is -3.35. The maximum absolute atomic E-state index is 5.40. The van der Waals surface area contributed by atoms with Crippen LogP contribution in [-0.2, 0) is 6.54 Å². The molecule has 0 fully saturated rings. The number of rotatable bonds is 5. The highest BCUT2D eigenvalue weighted by Gasteiger charge is 2.13. The summed E-state index contributed by atoms with van der Waals surface area (Å²) < 4.78 is 10.7. The predicted octanol–water partition coefficient (Wildman–Crippen LogP) is 3.26. The zero-order valence-corrected chi connectivity index (χ0v) is 13.7. The van der Waals surface area contributed by atoms with E-state index in [1.165, 1.54) is 0 Å². The molecule has 1 aliphatic rings. The number of fused-ring (bicyclic) bond motifs is 1. The van der Waals surface area contributed by atoms with E-state index in [0.717, 1.165) is 28.7 Å². The summed E-state index contributed by atoms with van der Waals surface area (Å²) in [5.41, 5.74) is 1.82. The van der Waals surface area contributed by atoms with Crippen molar-refractivity contribution in [2.24, 2.45) is 0 Å². The normalized spacial score (nSPS) is 12.0. The van der Waals surface area contributed by atoms with Crippen molar-refractivity contribution in [2.45, 2.75) is 13.5 Å². The molecule has 0 radical (unpaired) electrons. The minimum Gasteiger partial charge on any atom is -0.454 e. The van der Waals surface area contributed by atoms with Crippen LogP contribution in [0.4, 0.5) is 17.3 Å². The van der Waals surface area contributed by atoms with Gasteiger partial charge >= 0.3 is 0 Å². The Balaban J connectivity index is 1.49. The van der Waals surface area contributed by atoms with Crippen LogP contribution in [0.3, 0.4) is 0 Å². The Morgan fingerprint density at radius 1 is 1.00 bits per heavy atom. The first-order valence-electron chi connectivity index (χ1n) is 7.92. The summed E-state index contributed by atoms with van der Waals surface area (Å²) in [6, 6.07) is 13.4. The summed E-state index contributed by atoms with van der Waals surface area (Å²) in [5.74, 6) is 3.59. The highest BCUT2D eigenvalue weighted by Crippen LogP contribution is 2.35. The number of anilines is 3. The van der Waals surface area contributed by atoms with E-state index in [1.54, 1.807) is 6.20 Å². The van der Waals surface area contributed by atoms with Crippen molar-refractivity contribution in [3.8, 4) is 11.5 Å². The Morgan fingerprint density at radius 3 is 2.76 bits per heavy atom. The Morgan fingerprint density at radius 2 is 1.88 bits per heavy atom. The first-order chi connectivity index (χ1) is 12.3. The van der Waals surface area contributed by atoms with Gasteiger partial charge in [-0.25, -0.2) is 9.97 Å². The molecule has 25 heavy (non-hydrogen) atoms. The Kier molecular flexibility index (Phi) is 4.04. The van der Waals surface area contributed by atoms with Crippen LogP contribution in [0.5, 0.6) is 11.5 Å². The first kappa shape index (κ1) is 15.2. The molecule has 0 unspecified atom stereocenters. The molecule has 126 valence electrons. The van der Waals surface area contributed by atoms with E-state index >= 15 is 0 Å². The minimum atomic E-state index is 0.257. The van der Waals surface area contributed by atoms with Gasteiger partial charge in [0.2, 0.25) is 6.79 Å². The van der Waals surface area contributed by atoms with Gasteiger partial charge in [0.15, 0.2) is 11.5 Å². The number of hydrogen-bond donors (Lipinski definition) is 2. The fourth-order valence-electron chi connectivity index (χ4n) is 2.53. The number of aromatic nitrogens is 3. The molecule has 7 nitrogen and oxygen atoms in total. The van der Waals surface area contributed by atoms with Crippen LogP contribution < -0.4 is 20.1 Å². The molecule has 1 aliphatic heterocycles. The number of ether oxygens (including phenoxy) is 2. The van der Waals surface area contributed by atoms with Gasteiger partial charge in [-0.2, -0.15) is 0 Å². The summed E-state index contributed by atoms with van der Waals surface area (Å²) in [7, 11) is 0. The molecule has 7 heteroatoms. The monoisotopic (exact) mass is 335 g/mol. The smallest absolute Gasteiger partial charge is 0.231 e. The second kappa shape index (κ2) is 6.64. The van der Waals surface area contributed by atoms with Gasteiger partial charge in [-0.3, -0.25) is 4.98 Å². The van der Waals surface area contributed by atoms with Crippen LogP contribution >= 0.6 is 0 Å². The van der Waals surface area contributed by atoms with Gasteiger partial charge in [0, 0.05) is 24.0 Å². The fourth-order valence-corrected chi connectivity index (χ4v) is 2.53. The van der Waals surface area contributed by atoms with E-state index in [4.69, 9.17) is 9.47 Å². The van der Waals surface area contributed by atoms with E-state index in [-0.39, 0.29) is 6.79 Å². The van der Waals surface area contributed by atoms with E-state index in [0.29, 0.717) is 18.2 Å². The molecule has 0 bridgehead atoms. The third-order valence-corrected chi connectivity index (χ3v) is 3.66. The molecule has 0 aliphatic carbocycles. The van der Waals surface area contributed by atoms with Gasteiger partial charge in [-0.05, 0) is 31.2 Å². The summed E-state index contributed by atoms with van der Waals surface area (Å²) >= 11 is 0. The first-order valence-corrected chi connectivity index (χ1v) is 7.92. The average molecular weight is 335 g/mol. The molecule has 0 amide bonds. The second-order valence-corrected chi connectivity index (χ2v) is 5.55. The third kappa shape index (κ3) is 3.60. The molecule has 2 aromatic heterocycles. The predicted molar refractivity (Wildman–Crippen MR) is 94.2 cm³/mol. The van der Waals surface area contributed by atoms with Crippen molar-refractivity contribution in [3.63, 3.8) is 0 Å². The lowest BCUT2D eigenvalue weighted by Crippen LogP contribution is -2.06. The number of nitrogens with zero attached hydrogens (tertiary/aromatic N) is 3. The SMILES string of the molecule is Cc1nc(NCc2ccccn2)cc(Nc2ccc3c(c2)OCO3)n1. The molecular weight excluding hydrogens is 318 g/mol. The van der Waals surface area contributed by atoms with E-state index < -0.39 is 0 Å². The molecule has 4 rings (SSSR count). The quantitative estimate of drug-likeness (QED) is 0.740. The maximum atomic E-state index is 5.40. The van der Waals surface area contributed by atoms with E-state index in [9.17, 15) is 0 Å². The van der Waals surface area contributed by atoms with Gasteiger partial charge in [0.05, 0.1) is 12.2 Å². The van der Waals surface area contributed by atoms with Crippen LogP contribution in [0.25, 0.3) is 0 Å². The largest absolute Gasteiger partial charge is 0.454 e. The number of hydrogen-bond acceptors (Lipinski definition) is 7. The number of pyridine rings is 1. The number of nitrogens with one attached hydrogen (secondary N) is 2. The van der Waals surface area contributed by atoms with Crippen molar-refractivity contribution >= 4 is 17.3 Å². The Bertz CT molecular complexity index is 886. The van der Waals surface area contributed by atoms with Gasteiger partial charge in [-0.15, -0.1) is 0 Å². The topological polar surface area (TPSA) is 81.2 Å². The Labute approximate surface area is 145 Å². The second-order valence-electron chi connectivity index (χ2n) is 5.55. The van der Waals surface area contributed by atoms with Crippen LogP contribution in [0.2, 0.25) is 0 Å². The highest BCUT2D eigenvalue weighted by atomic mass is 16.7. The maximum Gasteiger partial charge on any atom is 0.231 e. The van der Waals surface area contributed by atoms with E-state index in [2.05, 4.69) is 25.6 Å². The molecule has 3 heterocycles. The van der Waals surface area contributed by atoms with Crippen molar-refractivity contribution in [2.75, 3.05) is 17.4 Å². The molecule has 3 aromatic rings. The zero-order chi connectivity index (χ0) is 17.1. The third-order valence-electron chi connectivity index (χ3n) is 3.66. The van der Waals surface area contributed by atoms with Gasteiger partial charge in [0.25, 0.3) is 0 Å². The lowest BCUT2D eigenvalue weighted by Gasteiger charge is -2.10. The summed E-state index contributed by atoms with van der Waals surface area (Å²) in [5, 5.41) is 6.54. The van der Waals surface area contributed by atoms with Crippen molar-refractivity contribution < 1.29 is 9.47 Å². The molecular formula is C18H17N5O2. The molecule has 1 aromatic carbocycles. The van der Waals surface area contributed by atoms with Crippen LogP contribution in [0.15, 0.2) is 48.7 Å². The van der Waals surface area contributed by atoms with Crippen LogP contribution in [0.1, 0.15) is 11.5 Å². The fraction of sp³-hybridized carbons (Fsp3) is 0.167. The molecule has 0 spiro atoms. The average Bonchev–Trinajstić information content (AvgIpc) is 3.08. The van der Waals surface area contributed by atoms with Gasteiger partial charge in [0.1, 0.15) is 17.5 Å². The number of aryl methyl sites for hydroxylation is 1. The number of benzene rings is 1. The summed E-state index contributed by atoms with van der Waals surface area (Å²) in [4.78, 5) is 13.1. The lowest BCUT2D eigenvalue weighted by atomic mass is 10.3. The van der Waals surface area contributed by atoms with Crippen molar-refractivity contribution in [1.29, 1.82) is 0 Å². The van der Waals surface area contributed by atoms with Crippen LogP contribution in [0, 0.1) is 6.92 Å². The van der Waals surface area contributed by atoms with Gasteiger partial charge < -0.3 is 20.1 Å². The highest BCUT2D eigenvalue weighted by molar-refractivity contribution is 5.63. The standard InChI is InChI=1S/C18H17N5O2/c1-12-21-17(20-10-14-4-2-3-7-19-14)9-18(22-12)23-13-5-6-15-16(8-13)25-11-24-15/h2-9H,10-11H2,1H3,(H2,20,21,22,23). The summed E-state index contributed by atoms with van der Waals surface area (Å²) in [6.07, 6.45) is 1.77. The zero-order valence-electron chi connectivity index (χ0n) is 13.7. The lowest BCUT2D eigenvalue weighted by molar-refractivity contribution is 0.174. The van der Waals surface area contributed by atoms with Crippen LogP contribution in [-0.4, -0.2) is 21.7 Å². The molecule has 0 saturated carbocycles. The van der Waals surface area contributed by atoms with E-state index in [1.807, 2.05) is 49.4 Å². The van der Waals surface area contributed by atoms with Crippen molar-refractivity contribution in [1.82, 2.24) is 15.0 Å². The minimum absolute atomic E-state index is 0.257. The molecule has 0 saturated heterocycles. The molecule has 0 atom stereocenters.